The van der Waals surface area contributed by atoms with Crippen LogP contribution in [0.2, 0.25) is 5.02 Å². The molecule has 0 unspecified atom stereocenters. The van der Waals surface area contributed by atoms with Crippen molar-refractivity contribution in [1.29, 1.82) is 0 Å². The van der Waals surface area contributed by atoms with Crippen molar-refractivity contribution in [2.75, 3.05) is 24.5 Å². The Hall–Kier alpha value is -3.56. The molecule has 0 aliphatic heterocycles. The molecule has 38 heavy (non-hydrogen) atoms. The van der Waals surface area contributed by atoms with Crippen molar-refractivity contribution in [3.63, 3.8) is 0 Å². The second kappa shape index (κ2) is 12.8. The van der Waals surface area contributed by atoms with Gasteiger partial charge in [0.25, 0.3) is 10.0 Å². The van der Waals surface area contributed by atoms with Crippen molar-refractivity contribution in [2.24, 2.45) is 0 Å². The standard InChI is InChI=1S/C28H32ClN3O5S/c1-5-30-28(34)21(3)31(18-22-9-7-11-25(17-22)37-4)27(33)19-32(24-10-6-8-20(2)16-24)38(35,36)26-14-12-23(29)13-15-26/h6-17,21H,5,18-19H2,1-4H3,(H,30,34)/t21-/m0/s1. The molecule has 2 amide bonds. The lowest BCUT2D eigenvalue weighted by atomic mass is 10.1. The summed E-state index contributed by atoms with van der Waals surface area (Å²) in [7, 11) is -2.61. The summed E-state index contributed by atoms with van der Waals surface area (Å²) < 4.78 is 33.9. The van der Waals surface area contributed by atoms with E-state index in [1.165, 1.54) is 29.2 Å². The average Bonchev–Trinajstić information content (AvgIpc) is 2.90. The van der Waals surface area contributed by atoms with Crippen molar-refractivity contribution >= 4 is 39.1 Å². The Morgan fingerprint density at radius 3 is 2.34 bits per heavy atom. The minimum Gasteiger partial charge on any atom is -0.497 e. The van der Waals surface area contributed by atoms with Crippen LogP contribution in [0.3, 0.4) is 0 Å². The molecule has 0 saturated carbocycles. The number of rotatable bonds is 11. The Bertz CT molecular complexity index is 1380. The van der Waals surface area contributed by atoms with E-state index in [-0.39, 0.29) is 17.3 Å². The molecule has 0 aliphatic carbocycles. The average molecular weight is 558 g/mol. The van der Waals surface area contributed by atoms with Gasteiger partial charge in [0.2, 0.25) is 11.8 Å². The molecule has 0 aliphatic rings. The number of carbonyl (C=O) groups is 2. The highest BCUT2D eigenvalue weighted by Crippen LogP contribution is 2.26. The number of hydrogen-bond donors (Lipinski definition) is 1. The number of likely N-dealkylation sites (N-methyl/N-ethyl adjacent to an activating group) is 1. The highest BCUT2D eigenvalue weighted by Gasteiger charge is 2.32. The smallest absolute Gasteiger partial charge is 0.264 e. The van der Waals surface area contributed by atoms with Crippen LogP contribution in [-0.2, 0) is 26.2 Å². The van der Waals surface area contributed by atoms with E-state index in [1.54, 1.807) is 57.4 Å². The molecule has 0 heterocycles. The van der Waals surface area contributed by atoms with Crippen LogP contribution < -0.4 is 14.4 Å². The third kappa shape index (κ3) is 7.05. The Labute approximate surface area is 229 Å². The number of sulfonamides is 1. The van der Waals surface area contributed by atoms with Gasteiger partial charge in [0.15, 0.2) is 0 Å². The number of nitrogens with one attached hydrogen (secondary N) is 1. The zero-order valence-electron chi connectivity index (χ0n) is 21.8. The molecule has 1 atom stereocenters. The molecule has 3 rings (SSSR count). The summed E-state index contributed by atoms with van der Waals surface area (Å²) in [6.07, 6.45) is 0. The van der Waals surface area contributed by atoms with E-state index < -0.39 is 28.5 Å². The fraction of sp³-hybridized carbons (Fsp3) is 0.286. The number of amides is 2. The van der Waals surface area contributed by atoms with E-state index in [2.05, 4.69) is 5.32 Å². The van der Waals surface area contributed by atoms with Gasteiger partial charge in [0, 0.05) is 18.1 Å². The summed E-state index contributed by atoms with van der Waals surface area (Å²) in [5, 5.41) is 3.13. The minimum absolute atomic E-state index is 0.00711. The van der Waals surface area contributed by atoms with Crippen LogP contribution in [0, 0.1) is 6.92 Å². The first-order chi connectivity index (χ1) is 18.1. The van der Waals surface area contributed by atoms with Crippen molar-refractivity contribution in [2.45, 2.75) is 38.3 Å². The van der Waals surface area contributed by atoms with Gasteiger partial charge in [-0.1, -0.05) is 35.9 Å². The maximum Gasteiger partial charge on any atom is 0.264 e. The van der Waals surface area contributed by atoms with Crippen LogP contribution >= 0.6 is 11.6 Å². The van der Waals surface area contributed by atoms with Crippen molar-refractivity contribution in [3.8, 4) is 5.75 Å². The van der Waals surface area contributed by atoms with Crippen LogP contribution in [0.4, 0.5) is 5.69 Å². The lowest BCUT2D eigenvalue weighted by molar-refractivity contribution is -0.139. The van der Waals surface area contributed by atoms with Crippen molar-refractivity contribution in [3.05, 3.63) is 88.9 Å². The lowest BCUT2D eigenvalue weighted by Crippen LogP contribution is -2.51. The minimum atomic E-state index is -4.15. The number of aryl methyl sites for hydroxylation is 1. The number of ether oxygens (including phenoxy) is 1. The topological polar surface area (TPSA) is 96.0 Å². The van der Waals surface area contributed by atoms with Gasteiger partial charge in [0.1, 0.15) is 18.3 Å². The van der Waals surface area contributed by atoms with E-state index in [1.807, 2.05) is 19.1 Å². The molecule has 0 saturated heterocycles. The third-order valence-corrected chi connectivity index (χ3v) is 8.02. The summed E-state index contributed by atoms with van der Waals surface area (Å²) in [5.41, 5.74) is 1.90. The molecule has 0 aromatic heterocycles. The third-order valence-electron chi connectivity index (χ3n) is 5.98. The van der Waals surface area contributed by atoms with E-state index in [9.17, 15) is 18.0 Å². The summed E-state index contributed by atoms with van der Waals surface area (Å²) in [6.45, 7) is 5.21. The molecular weight excluding hydrogens is 526 g/mol. The second-order valence-corrected chi connectivity index (χ2v) is 11.0. The quantitative estimate of drug-likeness (QED) is 0.377. The molecule has 3 aromatic carbocycles. The summed E-state index contributed by atoms with van der Waals surface area (Å²) in [6, 6.07) is 19.0. The Balaban J connectivity index is 2.03. The van der Waals surface area contributed by atoms with Gasteiger partial charge >= 0.3 is 0 Å². The van der Waals surface area contributed by atoms with Gasteiger partial charge in [-0.15, -0.1) is 0 Å². The van der Waals surface area contributed by atoms with E-state index in [0.717, 1.165) is 15.4 Å². The first-order valence-corrected chi connectivity index (χ1v) is 13.9. The van der Waals surface area contributed by atoms with Crippen molar-refractivity contribution in [1.82, 2.24) is 10.2 Å². The summed E-state index contributed by atoms with van der Waals surface area (Å²) in [5.74, 6) is -0.274. The number of hydrogen-bond acceptors (Lipinski definition) is 5. The zero-order valence-corrected chi connectivity index (χ0v) is 23.4. The number of benzene rings is 3. The number of nitrogens with zero attached hydrogens (tertiary/aromatic N) is 2. The predicted molar refractivity (Wildman–Crippen MR) is 149 cm³/mol. The molecule has 1 N–H and O–H groups in total. The summed E-state index contributed by atoms with van der Waals surface area (Å²) >= 11 is 5.98. The highest BCUT2D eigenvalue weighted by atomic mass is 35.5. The Kier molecular flexibility index (Phi) is 9.77. The fourth-order valence-corrected chi connectivity index (χ4v) is 5.45. The Morgan fingerprint density at radius 1 is 1.03 bits per heavy atom. The fourth-order valence-electron chi connectivity index (χ4n) is 3.92. The molecule has 202 valence electrons. The molecule has 10 heteroatoms. The van der Waals surface area contributed by atoms with Gasteiger partial charge in [-0.05, 0) is 80.4 Å². The van der Waals surface area contributed by atoms with E-state index in [4.69, 9.17) is 16.3 Å². The second-order valence-electron chi connectivity index (χ2n) is 8.75. The normalized spacial score (nSPS) is 11.9. The van der Waals surface area contributed by atoms with Crippen LogP contribution in [0.25, 0.3) is 0 Å². The van der Waals surface area contributed by atoms with E-state index in [0.29, 0.717) is 23.0 Å². The molecule has 0 spiro atoms. The molecule has 8 nitrogen and oxygen atoms in total. The van der Waals surface area contributed by atoms with Gasteiger partial charge in [-0.2, -0.15) is 0 Å². The van der Waals surface area contributed by atoms with E-state index >= 15 is 0 Å². The predicted octanol–water partition coefficient (Wildman–Crippen LogP) is 4.41. The van der Waals surface area contributed by atoms with Gasteiger partial charge in [-0.3, -0.25) is 13.9 Å². The van der Waals surface area contributed by atoms with Crippen molar-refractivity contribution < 1.29 is 22.7 Å². The largest absolute Gasteiger partial charge is 0.497 e. The van der Waals surface area contributed by atoms with Crippen LogP contribution in [-0.4, -0.2) is 51.4 Å². The molecule has 3 aromatic rings. The number of methoxy groups -OCH3 is 1. The molecular formula is C28H32ClN3O5S. The van der Waals surface area contributed by atoms with Crippen LogP contribution in [0.5, 0.6) is 5.75 Å². The van der Waals surface area contributed by atoms with Crippen LogP contribution in [0.1, 0.15) is 25.0 Å². The zero-order chi connectivity index (χ0) is 27.9. The molecule has 0 fully saturated rings. The number of anilines is 1. The van der Waals surface area contributed by atoms with Crippen LogP contribution in [0.15, 0.2) is 77.7 Å². The first-order valence-electron chi connectivity index (χ1n) is 12.1. The van der Waals surface area contributed by atoms with Gasteiger partial charge in [-0.25, -0.2) is 8.42 Å². The van der Waals surface area contributed by atoms with Gasteiger partial charge in [0.05, 0.1) is 17.7 Å². The first kappa shape index (κ1) is 29.0. The number of carbonyl (C=O) groups excluding carboxylic acids is 2. The number of halogens is 1. The summed E-state index contributed by atoms with van der Waals surface area (Å²) in [4.78, 5) is 28.0. The van der Waals surface area contributed by atoms with Gasteiger partial charge < -0.3 is 15.0 Å². The highest BCUT2D eigenvalue weighted by molar-refractivity contribution is 7.92. The maximum absolute atomic E-state index is 13.8. The molecule has 0 bridgehead atoms. The SMILES string of the molecule is CCNC(=O)[C@H](C)N(Cc1cccc(OC)c1)C(=O)CN(c1cccc(C)c1)S(=O)(=O)c1ccc(Cl)cc1. The lowest BCUT2D eigenvalue weighted by Gasteiger charge is -2.32. The molecule has 0 radical (unpaired) electrons. The maximum atomic E-state index is 13.8. The Morgan fingerprint density at radius 2 is 1.71 bits per heavy atom. The monoisotopic (exact) mass is 557 g/mol.